The number of ketones is 1. The van der Waals surface area contributed by atoms with Crippen molar-refractivity contribution in [2.45, 2.75) is 57.7 Å². The first-order valence-electron chi connectivity index (χ1n) is 14.2. The number of nitrogens with zero attached hydrogens (tertiary/aromatic N) is 2. The molecule has 0 bridgehead atoms. The van der Waals surface area contributed by atoms with Crippen LogP contribution in [0.3, 0.4) is 0 Å². The zero-order chi connectivity index (χ0) is 30.6. The van der Waals surface area contributed by atoms with Gasteiger partial charge in [0, 0.05) is 12.3 Å². The van der Waals surface area contributed by atoms with E-state index in [1.165, 1.54) is 0 Å². The molecule has 0 radical (unpaired) electrons. The number of aromatic nitrogens is 2. The third-order valence-corrected chi connectivity index (χ3v) is 12.7. The minimum absolute atomic E-state index is 0.174. The van der Waals surface area contributed by atoms with Crippen LogP contribution in [0, 0.1) is 0 Å². The Kier molecular flexibility index (Phi) is 9.02. The molecule has 10 heteroatoms. The van der Waals surface area contributed by atoms with Gasteiger partial charge in [-0.2, -0.15) is 0 Å². The zero-order valence-electron chi connectivity index (χ0n) is 24.4. The van der Waals surface area contributed by atoms with Crippen LogP contribution in [0.5, 0.6) is 0 Å². The smallest absolute Gasteiger partial charge is 0.335 e. The van der Waals surface area contributed by atoms with Crippen molar-refractivity contribution in [3.8, 4) is 0 Å². The molecule has 1 saturated heterocycles. The van der Waals surface area contributed by atoms with Crippen molar-refractivity contribution in [3.63, 3.8) is 0 Å². The zero-order valence-corrected chi connectivity index (χ0v) is 25.4. The van der Waals surface area contributed by atoms with Crippen molar-refractivity contribution in [2.24, 2.45) is 0 Å². The largest absolute Gasteiger partial charge is 0.404 e. The lowest BCUT2D eigenvalue weighted by Gasteiger charge is -2.43. The van der Waals surface area contributed by atoms with Gasteiger partial charge in [0.1, 0.15) is 12.8 Å². The van der Waals surface area contributed by atoms with E-state index >= 15 is 4.39 Å². The Morgan fingerprint density at radius 3 is 1.95 bits per heavy atom. The average molecular weight is 603 g/mol. The topological polar surface area (TPSA) is 88.8 Å². The monoisotopic (exact) mass is 602 g/mol. The van der Waals surface area contributed by atoms with Crippen LogP contribution in [-0.2, 0) is 32.0 Å². The lowest BCUT2D eigenvalue weighted by Crippen LogP contribution is -2.67. The fraction of sp³-hybridized carbons (Fsp3) is 0.303. The number of rotatable bonds is 10. The van der Waals surface area contributed by atoms with E-state index in [0.29, 0.717) is 0 Å². The highest BCUT2D eigenvalue weighted by atomic mass is 28.4. The molecule has 3 aromatic carbocycles. The van der Waals surface area contributed by atoms with Crippen LogP contribution in [0.4, 0.5) is 4.39 Å². The van der Waals surface area contributed by atoms with E-state index in [4.69, 9.17) is 13.9 Å². The van der Waals surface area contributed by atoms with Crippen LogP contribution in [0.1, 0.15) is 32.6 Å². The van der Waals surface area contributed by atoms with E-state index in [0.717, 1.165) is 37.3 Å². The summed E-state index contributed by atoms with van der Waals surface area (Å²) < 4.78 is 35.5. The van der Waals surface area contributed by atoms with Gasteiger partial charge >= 0.3 is 5.69 Å². The quantitative estimate of drug-likeness (QED) is 0.258. The average Bonchev–Trinajstić information content (AvgIpc) is 3.29. The number of halogens is 1. The van der Waals surface area contributed by atoms with Crippen molar-refractivity contribution in [3.05, 3.63) is 130 Å². The lowest BCUT2D eigenvalue weighted by molar-refractivity contribution is -0.126. The molecule has 0 amide bonds. The molecule has 1 fully saturated rings. The van der Waals surface area contributed by atoms with Crippen molar-refractivity contribution in [2.75, 3.05) is 6.61 Å². The summed E-state index contributed by atoms with van der Waals surface area (Å²) in [6.07, 6.45) is -3.77. The summed E-state index contributed by atoms with van der Waals surface area (Å²) in [4.78, 5) is 38.9. The van der Waals surface area contributed by atoms with E-state index in [1.807, 2.05) is 91.0 Å². The van der Waals surface area contributed by atoms with E-state index in [-0.39, 0.29) is 25.0 Å². The van der Waals surface area contributed by atoms with Crippen LogP contribution in [0.15, 0.2) is 113 Å². The van der Waals surface area contributed by atoms with Gasteiger partial charge in [0.15, 0.2) is 6.23 Å². The molecule has 0 spiro atoms. The van der Waals surface area contributed by atoms with Gasteiger partial charge in [-0.05, 0) is 21.0 Å². The van der Waals surface area contributed by atoms with Crippen molar-refractivity contribution in [1.82, 2.24) is 9.13 Å². The number of hydrogen-bond donors (Lipinski definition) is 0. The molecular weight excluding hydrogens is 567 g/mol. The second kappa shape index (κ2) is 12.7. The first kappa shape index (κ1) is 30.5. The van der Waals surface area contributed by atoms with Gasteiger partial charge in [0.25, 0.3) is 13.9 Å². The number of Topliss-reactive ketones (excluding diaryl/α,β-unsaturated/α-hetero) is 1. The molecule has 0 N–H and O–H groups in total. The fourth-order valence-electron chi connectivity index (χ4n) is 5.59. The van der Waals surface area contributed by atoms with Gasteiger partial charge < -0.3 is 13.9 Å². The Hall–Kier alpha value is -3.96. The Balaban J connectivity index is 1.39. The number of ether oxygens (including phenoxy) is 2. The molecule has 4 aromatic rings. The molecule has 224 valence electrons. The predicted molar refractivity (Wildman–Crippen MR) is 164 cm³/mol. The van der Waals surface area contributed by atoms with Crippen molar-refractivity contribution >= 4 is 24.5 Å². The fourth-order valence-corrected chi connectivity index (χ4v) is 10.1. The predicted octanol–water partition coefficient (Wildman–Crippen LogP) is 3.57. The van der Waals surface area contributed by atoms with Gasteiger partial charge in [-0.1, -0.05) is 112 Å². The summed E-state index contributed by atoms with van der Waals surface area (Å²) in [5.74, 6) is -0.812. The molecule has 5 rings (SSSR count). The van der Waals surface area contributed by atoms with Gasteiger partial charge in [0.05, 0.1) is 13.2 Å². The molecule has 1 aliphatic heterocycles. The SMILES string of the molecule is CC(C)(C)[Si](OC[C@H]1O[C@@H](n2ccc(=O)n(COCc3ccccc3)c2=O)C(F)C1=O)(c1ccccc1)c1ccccc1. The van der Waals surface area contributed by atoms with Crippen LogP contribution in [0.2, 0.25) is 5.04 Å². The molecule has 8 nitrogen and oxygen atoms in total. The number of alkyl halides is 1. The summed E-state index contributed by atoms with van der Waals surface area (Å²) in [6.45, 7) is 5.93. The Morgan fingerprint density at radius 1 is 0.837 bits per heavy atom. The van der Waals surface area contributed by atoms with Crippen LogP contribution < -0.4 is 21.6 Å². The van der Waals surface area contributed by atoms with Crippen LogP contribution in [-0.4, -0.2) is 42.1 Å². The minimum atomic E-state index is -3.03. The number of carbonyl (C=O) groups excluding carboxylic acids is 1. The summed E-state index contributed by atoms with van der Waals surface area (Å²) in [6, 6.07) is 30.1. The Labute approximate surface area is 250 Å². The maximum atomic E-state index is 15.5. The standard InChI is InChI=1S/C33H35FN2O6Si/c1-33(2,3)43(25-15-9-5-10-16-25,26-17-11-6-12-18-26)41-22-27-30(38)29(34)31(42-27)35-20-19-28(37)36(32(35)39)23-40-21-24-13-7-4-8-14-24/h4-20,27,29,31H,21-23H2,1-3H3/t27-,29?,31-/m1/s1. The third-order valence-electron chi connectivity index (χ3n) is 7.71. The molecular formula is C33H35FN2O6Si. The first-order chi connectivity index (χ1) is 20.6. The molecule has 2 heterocycles. The highest BCUT2D eigenvalue weighted by Crippen LogP contribution is 2.38. The van der Waals surface area contributed by atoms with E-state index < -0.39 is 43.9 Å². The van der Waals surface area contributed by atoms with Crippen molar-refractivity contribution in [1.29, 1.82) is 0 Å². The van der Waals surface area contributed by atoms with Crippen LogP contribution >= 0.6 is 0 Å². The number of hydrogen-bond acceptors (Lipinski definition) is 6. The Morgan fingerprint density at radius 2 is 1.40 bits per heavy atom. The molecule has 0 saturated carbocycles. The van der Waals surface area contributed by atoms with E-state index in [2.05, 4.69) is 20.8 Å². The lowest BCUT2D eigenvalue weighted by atomic mass is 10.2. The maximum absolute atomic E-state index is 15.5. The summed E-state index contributed by atoms with van der Waals surface area (Å²) >= 11 is 0. The highest BCUT2D eigenvalue weighted by Gasteiger charge is 2.52. The van der Waals surface area contributed by atoms with E-state index in [1.54, 1.807) is 0 Å². The highest BCUT2D eigenvalue weighted by molar-refractivity contribution is 6.99. The molecule has 1 aliphatic rings. The minimum Gasteiger partial charge on any atom is -0.404 e. The van der Waals surface area contributed by atoms with E-state index in [9.17, 15) is 14.4 Å². The molecule has 1 aromatic heterocycles. The Bertz CT molecular complexity index is 1610. The first-order valence-corrected chi connectivity index (χ1v) is 16.1. The summed E-state index contributed by atoms with van der Waals surface area (Å²) in [5.41, 5.74) is -0.584. The maximum Gasteiger partial charge on any atom is 0.335 e. The van der Waals surface area contributed by atoms with Gasteiger partial charge in [-0.15, -0.1) is 0 Å². The molecule has 43 heavy (non-hydrogen) atoms. The van der Waals surface area contributed by atoms with Crippen LogP contribution in [0.25, 0.3) is 0 Å². The summed E-state index contributed by atoms with van der Waals surface area (Å²) in [5, 5.41) is 1.65. The van der Waals surface area contributed by atoms with Gasteiger partial charge in [0.2, 0.25) is 12.0 Å². The number of benzene rings is 3. The van der Waals surface area contributed by atoms with Gasteiger partial charge in [-0.25, -0.2) is 13.8 Å². The van der Waals surface area contributed by atoms with Gasteiger partial charge in [-0.3, -0.25) is 14.2 Å². The second-order valence-electron chi connectivity index (χ2n) is 11.5. The molecule has 0 aliphatic carbocycles. The molecule has 1 unspecified atom stereocenters. The summed E-state index contributed by atoms with van der Waals surface area (Å²) in [7, 11) is -3.03. The van der Waals surface area contributed by atoms with Crippen molar-refractivity contribution < 1.29 is 23.1 Å². The number of carbonyl (C=O) groups is 1. The second-order valence-corrected chi connectivity index (χ2v) is 15.8. The third kappa shape index (κ3) is 6.09. The molecule has 3 atom stereocenters. The normalized spacial score (nSPS) is 19.1.